The summed E-state index contributed by atoms with van der Waals surface area (Å²) in [4.78, 5) is 0. The summed E-state index contributed by atoms with van der Waals surface area (Å²) in [6, 6.07) is 36.4. The van der Waals surface area contributed by atoms with Gasteiger partial charge in [0, 0.05) is 0 Å². The Balaban J connectivity index is 1.46. The number of benzene rings is 4. The molecule has 0 saturated carbocycles. The van der Waals surface area contributed by atoms with E-state index in [9.17, 15) is 0 Å². The second kappa shape index (κ2) is 15.1. The third-order valence-electron chi connectivity index (χ3n) is 6.37. The lowest BCUT2D eigenvalue weighted by atomic mass is 9.98. The summed E-state index contributed by atoms with van der Waals surface area (Å²) in [7, 11) is 0. The summed E-state index contributed by atoms with van der Waals surface area (Å²) < 4.78 is 66.3. The van der Waals surface area contributed by atoms with Crippen molar-refractivity contribution < 1.29 is 29.2 Å². The molecule has 40 heavy (non-hydrogen) atoms. The zero-order valence-corrected chi connectivity index (χ0v) is 22.8. The maximum absolute atomic E-state index is 8.88. The molecule has 9 atom stereocenters. The number of thiol groups is 1. The number of rotatable bonds is 13. The standard InChI is InChI=1S/C34H36O5S/c40-34-33(38-24-29-19-11-4-12-20-29)32(37-23-28-17-9-3-10-18-28)31(36-22-27-15-7-2-8-16-27)30(39-34)25-35-21-26-13-5-1-6-14-26/h1-20,30-34,40H,21-25H2/t30-,31-,32+,33+,34?/m1/s1/i21D,22D,23D,24D/t21?,22?,23?,24?,30-,31-,32+,33+,34?. The van der Waals surface area contributed by atoms with Crippen molar-refractivity contribution in [3.05, 3.63) is 144 Å². The zero-order chi connectivity index (χ0) is 30.9. The molecule has 1 aliphatic rings. The van der Waals surface area contributed by atoms with E-state index in [1.807, 2.05) is 84.9 Å². The Labute approximate surface area is 248 Å². The van der Waals surface area contributed by atoms with Crippen molar-refractivity contribution in [2.24, 2.45) is 0 Å². The Bertz CT molecular complexity index is 1390. The van der Waals surface area contributed by atoms with Crippen LogP contribution in [0.5, 0.6) is 0 Å². The van der Waals surface area contributed by atoms with Gasteiger partial charge in [0.15, 0.2) is 0 Å². The molecule has 1 aliphatic heterocycles. The van der Waals surface area contributed by atoms with Crippen LogP contribution in [0.15, 0.2) is 121 Å². The second-order valence-electron chi connectivity index (χ2n) is 9.31. The number of hydrogen-bond donors (Lipinski definition) is 1. The van der Waals surface area contributed by atoms with Gasteiger partial charge in [-0.15, -0.1) is 12.6 Å². The van der Waals surface area contributed by atoms with Crippen molar-refractivity contribution >= 4 is 12.6 Å². The first-order valence-electron chi connectivity index (χ1n) is 15.5. The molecule has 5 nitrogen and oxygen atoms in total. The maximum Gasteiger partial charge on any atom is 0.129 e. The van der Waals surface area contributed by atoms with E-state index in [0.717, 1.165) is 0 Å². The van der Waals surface area contributed by atoms with Gasteiger partial charge in [0.2, 0.25) is 0 Å². The fourth-order valence-corrected chi connectivity index (χ4v) is 4.73. The van der Waals surface area contributed by atoms with Crippen LogP contribution in [0.1, 0.15) is 27.7 Å². The molecule has 0 radical (unpaired) electrons. The predicted octanol–water partition coefficient (Wildman–Crippen LogP) is 6.61. The maximum atomic E-state index is 8.88. The first-order valence-corrected chi connectivity index (χ1v) is 13.7. The second-order valence-corrected chi connectivity index (χ2v) is 9.82. The summed E-state index contributed by atoms with van der Waals surface area (Å²) in [6.45, 7) is -4.42. The molecular weight excluding hydrogens is 520 g/mol. The van der Waals surface area contributed by atoms with Gasteiger partial charge in [-0.1, -0.05) is 121 Å². The highest BCUT2D eigenvalue weighted by molar-refractivity contribution is 7.80. The van der Waals surface area contributed by atoms with Crippen LogP contribution >= 0.6 is 12.6 Å². The highest BCUT2D eigenvalue weighted by Gasteiger charge is 2.47. The van der Waals surface area contributed by atoms with Crippen LogP contribution in [0.3, 0.4) is 0 Å². The molecule has 1 fully saturated rings. The Morgan fingerprint density at radius 3 is 1.35 bits per heavy atom. The van der Waals surface area contributed by atoms with Gasteiger partial charge in [0.1, 0.15) is 29.9 Å². The Morgan fingerprint density at radius 2 is 0.900 bits per heavy atom. The predicted molar refractivity (Wildman–Crippen MR) is 159 cm³/mol. The Kier molecular flexibility index (Phi) is 8.98. The highest BCUT2D eigenvalue weighted by atomic mass is 32.1. The fourth-order valence-electron chi connectivity index (χ4n) is 4.33. The summed E-state index contributed by atoms with van der Waals surface area (Å²) in [6.07, 6.45) is -3.76. The SMILES string of the molecule is [2H]C(OC[C@H]1OC(S)[C@@H](OC([2H])c2ccccc2)[C@@H](OC([2H])c2ccccc2)[C@@H]1OC([2H])c1ccccc1)c1ccccc1. The van der Waals surface area contributed by atoms with E-state index in [4.69, 9.17) is 41.8 Å². The lowest BCUT2D eigenvalue weighted by molar-refractivity contribution is -0.254. The smallest absolute Gasteiger partial charge is 0.129 e. The summed E-state index contributed by atoms with van der Waals surface area (Å²) in [5.74, 6) is 0. The molecule has 0 bridgehead atoms. The van der Waals surface area contributed by atoms with Crippen LogP contribution < -0.4 is 0 Å². The quantitative estimate of drug-likeness (QED) is 0.186. The molecule has 1 saturated heterocycles. The molecule has 0 amide bonds. The van der Waals surface area contributed by atoms with Crippen LogP contribution in [-0.4, -0.2) is 36.5 Å². The van der Waals surface area contributed by atoms with Gasteiger partial charge in [-0.25, -0.2) is 0 Å². The average Bonchev–Trinajstić information content (AvgIpc) is 3.07. The molecule has 6 heteroatoms. The van der Waals surface area contributed by atoms with Crippen LogP contribution in [0.4, 0.5) is 0 Å². The first-order chi connectivity index (χ1) is 21.4. The Hall–Kier alpha value is -2.97. The molecule has 5 unspecified atom stereocenters. The topological polar surface area (TPSA) is 46.2 Å². The van der Waals surface area contributed by atoms with Crippen LogP contribution in [0.2, 0.25) is 0 Å². The minimum absolute atomic E-state index is 0.0735. The van der Waals surface area contributed by atoms with Gasteiger partial charge in [0.25, 0.3) is 0 Å². The summed E-state index contributed by atoms with van der Waals surface area (Å²) in [5, 5.41) is 0. The molecule has 5 rings (SSSR count). The van der Waals surface area contributed by atoms with E-state index >= 15 is 0 Å². The van der Waals surface area contributed by atoms with E-state index in [1.54, 1.807) is 36.4 Å². The lowest BCUT2D eigenvalue weighted by Crippen LogP contribution is -2.59. The van der Waals surface area contributed by atoms with Crippen molar-refractivity contribution in [3.63, 3.8) is 0 Å². The van der Waals surface area contributed by atoms with Gasteiger partial charge in [-0.05, 0) is 22.3 Å². The largest absolute Gasteiger partial charge is 0.374 e. The van der Waals surface area contributed by atoms with Crippen molar-refractivity contribution in [2.75, 3.05) is 6.61 Å². The molecule has 0 aromatic heterocycles. The normalized spacial score (nSPS) is 27.3. The van der Waals surface area contributed by atoms with E-state index in [2.05, 4.69) is 0 Å². The monoisotopic (exact) mass is 560 g/mol. The van der Waals surface area contributed by atoms with Gasteiger partial charge in [0.05, 0.1) is 38.4 Å². The van der Waals surface area contributed by atoms with Crippen LogP contribution in [0, 0.1) is 0 Å². The van der Waals surface area contributed by atoms with E-state index < -0.39 is 56.2 Å². The van der Waals surface area contributed by atoms with E-state index in [1.165, 1.54) is 0 Å². The molecule has 208 valence electrons. The zero-order valence-electron chi connectivity index (χ0n) is 25.9. The average molecular weight is 561 g/mol. The lowest BCUT2D eigenvalue weighted by Gasteiger charge is -2.45. The molecule has 0 N–H and O–H groups in total. The van der Waals surface area contributed by atoms with Crippen molar-refractivity contribution in [1.29, 1.82) is 0 Å². The van der Waals surface area contributed by atoms with Gasteiger partial charge >= 0.3 is 0 Å². The molecule has 0 spiro atoms. The molecule has 4 aromatic carbocycles. The van der Waals surface area contributed by atoms with Crippen molar-refractivity contribution in [1.82, 2.24) is 0 Å². The highest BCUT2D eigenvalue weighted by Crippen LogP contribution is 2.32. The van der Waals surface area contributed by atoms with Gasteiger partial charge in [-0.2, -0.15) is 0 Å². The van der Waals surface area contributed by atoms with E-state index in [-0.39, 0.29) is 6.61 Å². The van der Waals surface area contributed by atoms with Gasteiger partial charge in [-0.3, -0.25) is 0 Å². The summed E-state index contributed by atoms with van der Waals surface area (Å²) >= 11 is 4.71. The molecule has 4 aromatic rings. The Morgan fingerprint density at radius 1 is 0.525 bits per heavy atom. The summed E-state index contributed by atoms with van der Waals surface area (Å²) in [5.41, 5.74) is 1.64. The molecular formula is C34H36O5S. The molecule has 0 aliphatic carbocycles. The number of hydrogen-bond acceptors (Lipinski definition) is 6. The van der Waals surface area contributed by atoms with Crippen LogP contribution in [0.25, 0.3) is 0 Å². The van der Waals surface area contributed by atoms with Crippen molar-refractivity contribution in [2.45, 2.75) is 56.2 Å². The van der Waals surface area contributed by atoms with E-state index in [0.29, 0.717) is 22.3 Å². The number of ether oxygens (including phenoxy) is 5. The van der Waals surface area contributed by atoms with Gasteiger partial charge < -0.3 is 23.7 Å². The van der Waals surface area contributed by atoms with Crippen molar-refractivity contribution in [3.8, 4) is 0 Å². The molecule has 1 heterocycles. The third-order valence-corrected chi connectivity index (χ3v) is 6.79. The third kappa shape index (κ3) is 8.27. The minimum Gasteiger partial charge on any atom is -0.374 e. The first kappa shape index (κ1) is 23.7. The minimum atomic E-state index is -1.13. The van der Waals surface area contributed by atoms with Crippen LogP contribution in [-0.2, 0) is 50.0 Å². The fraction of sp³-hybridized carbons (Fsp3) is 0.294.